The summed E-state index contributed by atoms with van der Waals surface area (Å²) in [4.78, 5) is 0.191. The Balaban J connectivity index is 2.10. The number of aromatic nitrogens is 2. The van der Waals surface area contributed by atoms with E-state index in [9.17, 15) is 8.42 Å². The predicted molar refractivity (Wildman–Crippen MR) is 68.7 cm³/mol. The summed E-state index contributed by atoms with van der Waals surface area (Å²) in [5, 5.41) is 4.47. The lowest BCUT2D eigenvalue weighted by Crippen LogP contribution is -2.22. The molecule has 1 heterocycles. The van der Waals surface area contributed by atoms with Gasteiger partial charge in [-0.25, -0.2) is 13.1 Å². The van der Waals surface area contributed by atoms with Crippen LogP contribution in [-0.2, 0) is 23.6 Å². The van der Waals surface area contributed by atoms with Crippen LogP contribution in [-0.4, -0.2) is 18.2 Å². The minimum absolute atomic E-state index is 0.191. The molecule has 1 N–H and O–H groups in total. The zero-order chi connectivity index (χ0) is 13.2. The van der Waals surface area contributed by atoms with E-state index < -0.39 is 10.0 Å². The summed E-state index contributed by atoms with van der Waals surface area (Å²) in [6.45, 7) is 0.207. The molecule has 0 radical (unpaired) electrons. The van der Waals surface area contributed by atoms with Gasteiger partial charge in [-0.1, -0.05) is 11.6 Å². The van der Waals surface area contributed by atoms with Crippen molar-refractivity contribution < 1.29 is 8.42 Å². The highest BCUT2D eigenvalue weighted by Crippen LogP contribution is 2.14. The molecule has 0 saturated carbocycles. The average Bonchev–Trinajstić information content (AvgIpc) is 2.73. The summed E-state index contributed by atoms with van der Waals surface area (Å²) in [5.74, 6) is 0. The van der Waals surface area contributed by atoms with Crippen molar-refractivity contribution in [3.63, 3.8) is 0 Å². The minimum Gasteiger partial charge on any atom is -0.275 e. The first-order valence-corrected chi connectivity index (χ1v) is 7.06. The van der Waals surface area contributed by atoms with Gasteiger partial charge in [-0.2, -0.15) is 5.10 Å². The molecular formula is C11H12ClN3O2S. The second-order valence-electron chi connectivity index (χ2n) is 3.80. The van der Waals surface area contributed by atoms with Gasteiger partial charge in [0.25, 0.3) is 0 Å². The molecule has 0 atom stereocenters. The molecule has 0 spiro atoms. The van der Waals surface area contributed by atoms with Gasteiger partial charge in [0.05, 0.1) is 11.1 Å². The summed E-state index contributed by atoms with van der Waals surface area (Å²) in [5.41, 5.74) is 0.801. The van der Waals surface area contributed by atoms with Crippen molar-refractivity contribution in [2.24, 2.45) is 7.05 Å². The lowest BCUT2D eigenvalue weighted by molar-refractivity contribution is 0.581. The molecule has 0 saturated heterocycles. The van der Waals surface area contributed by atoms with Crippen molar-refractivity contribution in [3.05, 3.63) is 47.2 Å². The summed E-state index contributed by atoms with van der Waals surface area (Å²) >= 11 is 5.71. The van der Waals surface area contributed by atoms with Crippen molar-refractivity contribution in [2.45, 2.75) is 11.4 Å². The lowest BCUT2D eigenvalue weighted by atomic mass is 10.4. The van der Waals surface area contributed by atoms with Crippen LogP contribution in [0.1, 0.15) is 5.56 Å². The largest absolute Gasteiger partial charge is 0.275 e. The molecule has 2 rings (SSSR count). The Labute approximate surface area is 110 Å². The molecule has 0 aliphatic carbocycles. The fourth-order valence-electron chi connectivity index (χ4n) is 1.44. The summed E-state index contributed by atoms with van der Waals surface area (Å²) in [6.07, 6.45) is 3.37. The molecule has 0 fully saturated rings. The van der Waals surface area contributed by atoms with E-state index in [2.05, 4.69) is 9.82 Å². The number of hydrogen-bond donors (Lipinski definition) is 1. The van der Waals surface area contributed by atoms with E-state index in [1.165, 1.54) is 12.1 Å². The van der Waals surface area contributed by atoms with Gasteiger partial charge in [-0.3, -0.25) is 4.68 Å². The first-order valence-electron chi connectivity index (χ1n) is 5.20. The second-order valence-corrected chi connectivity index (χ2v) is 6.00. The van der Waals surface area contributed by atoms with Crippen LogP contribution in [0.15, 0.2) is 41.6 Å². The summed E-state index contributed by atoms with van der Waals surface area (Å²) in [7, 11) is -1.74. The molecular weight excluding hydrogens is 274 g/mol. The highest BCUT2D eigenvalue weighted by Gasteiger charge is 2.13. The van der Waals surface area contributed by atoms with E-state index in [4.69, 9.17) is 11.6 Å². The van der Waals surface area contributed by atoms with Gasteiger partial charge < -0.3 is 0 Å². The molecule has 96 valence electrons. The number of sulfonamides is 1. The topological polar surface area (TPSA) is 64.0 Å². The number of nitrogens with one attached hydrogen (secondary N) is 1. The number of benzene rings is 1. The molecule has 2 aromatic rings. The molecule has 0 aliphatic rings. The molecule has 0 unspecified atom stereocenters. The van der Waals surface area contributed by atoms with Crippen molar-refractivity contribution in [1.29, 1.82) is 0 Å². The zero-order valence-electron chi connectivity index (χ0n) is 9.67. The molecule has 0 amide bonds. The zero-order valence-corrected chi connectivity index (χ0v) is 11.2. The van der Waals surface area contributed by atoms with Gasteiger partial charge >= 0.3 is 0 Å². The van der Waals surface area contributed by atoms with Gasteiger partial charge in [0.1, 0.15) is 0 Å². The number of rotatable bonds is 4. The number of nitrogens with zero attached hydrogens (tertiary/aromatic N) is 2. The number of halogens is 1. The molecule has 0 bridgehead atoms. The van der Waals surface area contributed by atoms with Gasteiger partial charge in [0.15, 0.2) is 0 Å². The Morgan fingerprint density at radius 1 is 1.33 bits per heavy atom. The Kier molecular flexibility index (Phi) is 3.70. The number of hydrogen-bond acceptors (Lipinski definition) is 3. The SMILES string of the molecule is Cn1cc(CNS(=O)(=O)c2ccc(Cl)cc2)cn1. The van der Waals surface area contributed by atoms with E-state index in [1.54, 1.807) is 36.3 Å². The van der Waals surface area contributed by atoms with E-state index in [0.29, 0.717) is 5.02 Å². The summed E-state index contributed by atoms with van der Waals surface area (Å²) in [6, 6.07) is 6.02. The third kappa shape index (κ3) is 3.10. The van der Waals surface area contributed by atoms with Gasteiger partial charge in [-0.05, 0) is 24.3 Å². The van der Waals surface area contributed by atoms with Crippen molar-refractivity contribution in [1.82, 2.24) is 14.5 Å². The fourth-order valence-corrected chi connectivity index (χ4v) is 2.58. The van der Waals surface area contributed by atoms with Gasteiger partial charge in [0, 0.05) is 30.4 Å². The van der Waals surface area contributed by atoms with Crippen LogP contribution in [0.4, 0.5) is 0 Å². The van der Waals surface area contributed by atoms with Crippen LogP contribution >= 0.6 is 11.6 Å². The monoisotopic (exact) mass is 285 g/mol. The van der Waals surface area contributed by atoms with E-state index in [1.807, 2.05) is 0 Å². The minimum atomic E-state index is -3.51. The first kappa shape index (κ1) is 13.1. The van der Waals surface area contributed by atoms with Crippen LogP contribution in [0.3, 0.4) is 0 Å². The van der Waals surface area contributed by atoms with Crippen molar-refractivity contribution in [2.75, 3.05) is 0 Å². The van der Waals surface area contributed by atoms with E-state index >= 15 is 0 Å². The highest BCUT2D eigenvalue weighted by atomic mass is 35.5. The number of aryl methyl sites for hydroxylation is 1. The third-order valence-corrected chi connectivity index (χ3v) is 4.02. The maximum Gasteiger partial charge on any atom is 0.240 e. The third-order valence-electron chi connectivity index (χ3n) is 2.35. The van der Waals surface area contributed by atoms with Crippen LogP contribution < -0.4 is 4.72 Å². The Morgan fingerprint density at radius 2 is 2.00 bits per heavy atom. The molecule has 5 nitrogen and oxygen atoms in total. The second kappa shape index (κ2) is 5.09. The Hall–Kier alpha value is -1.37. The van der Waals surface area contributed by atoms with Crippen LogP contribution in [0.2, 0.25) is 5.02 Å². The molecule has 0 aliphatic heterocycles. The Bertz CT molecular complexity index is 635. The maximum absolute atomic E-state index is 11.9. The average molecular weight is 286 g/mol. The molecule has 7 heteroatoms. The lowest BCUT2D eigenvalue weighted by Gasteiger charge is -2.05. The highest BCUT2D eigenvalue weighted by molar-refractivity contribution is 7.89. The smallest absolute Gasteiger partial charge is 0.240 e. The predicted octanol–water partition coefficient (Wildman–Crippen LogP) is 1.55. The maximum atomic E-state index is 11.9. The van der Waals surface area contributed by atoms with Gasteiger partial charge in [0.2, 0.25) is 10.0 Å². The summed E-state index contributed by atoms with van der Waals surface area (Å²) < 4.78 is 28.0. The van der Waals surface area contributed by atoms with Crippen LogP contribution in [0.5, 0.6) is 0 Å². The van der Waals surface area contributed by atoms with E-state index in [0.717, 1.165) is 5.56 Å². The van der Waals surface area contributed by atoms with Crippen LogP contribution in [0.25, 0.3) is 0 Å². The Morgan fingerprint density at radius 3 is 2.56 bits per heavy atom. The normalized spacial score (nSPS) is 11.7. The molecule has 1 aromatic carbocycles. The van der Waals surface area contributed by atoms with E-state index in [-0.39, 0.29) is 11.4 Å². The van der Waals surface area contributed by atoms with Crippen LogP contribution in [0, 0.1) is 0 Å². The first-order chi connectivity index (χ1) is 8.47. The van der Waals surface area contributed by atoms with Crippen molar-refractivity contribution >= 4 is 21.6 Å². The standard InChI is InChI=1S/C11H12ClN3O2S/c1-15-8-9(6-13-15)7-14-18(16,17)11-4-2-10(12)3-5-11/h2-6,8,14H,7H2,1H3. The molecule has 1 aromatic heterocycles. The molecule has 18 heavy (non-hydrogen) atoms. The van der Waals surface area contributed by atoms with Gasteiger partial charge in [-0.15, -0.1) is 0 Å². The van der Waals surface area contributed by atoms with Crippen molar-refractivity contribution in [3.8, 4) is 0 Å². The quantitative estimate of drug-likeness (QED) is 0.927. The fraction of sp³-hybridized carbons (Fsp3) is 0.182.